The van der Waals surface area contributed by atoms with Crippen LogP contribution in [0.15, 0.2) is 42.5 Å². The third kappa shape index (κ3) is 2.13. The van der Waals surface area contributed by atoms with Crippen molar-refractivity contribution in [2.75, 3.05) is 18.5 Å². The Morgan fingerprint density at radius 2 is 1.68 bits per heavy atom. The van der Waals surface area contributed by atoms with Gasteiger partial charge in [-0.05, 0) is 28.3 Å². The molecule has 0 radical (unpaired) electrons. The summed E-state index contributed by atoms with van der Waals surface area (Å²) in [6.45, 7) is 6.36. The quantitative estimate of drug-likeness (QED) is 0.708. The lowest BCUT2D eigenvalue weighted by Crippen LogP contribution is -2.29. The van der Waals surface area contributed by atoms with Gasteiger partial charge in [-0.2, -0.15) is 0 Å². The fourth-order valence-corrected chi connectivity index (χ4v) is 2.81. The molecular weight excluding hydrogens is 232 g/mol. The average Bonchev–Trinajstić information content (AvgIpc) is 2.84. The Kier molecular flexibility index (Phi) is 3.26. The van der Waals surface area contributed by atoms with E-state index in [4.69, 9.17) is 0 Å². The van der Waals surface area contributed by atoms with Gasteiger partial charge >= 0.3 is 0 Å². The molecule has 19 heavy (non-hydrogen) atoms. The van der Waals surface area contributed by atoms with Crippen LogP contribution in [-0.4, -0.2) is 18.1 Å². The highest BCUT2D eigenvalue weighted by Crippen LogP contribution is 2.39. The zero-order valence-corrected chi connectivity index (χ0v) is 11.6. The van der Waals surface area contributed by atoms with Crippen molar-refractivity contribution >= 4 is 5.69 Å². The van der Waals surface area contributed by atoms with Crippen molar-refractivity contribution < 1.29 is 0 Å². The van der Waals surface area contributed by atoms with Crippen molar-refractivity contribution in [1.82, 2.24) is 5.01 Å². The summed E-state index contributed by atoms with van der Waals surface area (Å²) in [7, 11) is 0. The monoisotopic (exact) mass is 252 g/mol. The molecule has 2 nitrogen and oxygen atoms in total. The van der Waals surface area contributed by atoms with Crippen LogP contribution in [0.5, 0.6) is 0 Å². The Bertz CT molecular complexity index is 586. The van der Waals surface area contributed by atoms with Crippen LogP contribution in [-0.2, 0) is 6.42 Å². The fraction of sp³-hybridized carbons (Fsp3) is 0.294. The Labute approximate surface area is 115 Å². The number of nitrogens with one attached hydrogen (secondary N) is 1. The maximum absolute atomic E-state index is 3.55. The number of nitrogens with zero attached hydrogens (tertiary/aromatic N) is 1. The van der Waals surface area contributed by atoms with Gasteiger partial charge in [0.25, 0.3) is 0 Å². The highest BCUT2D eigenvalue weighted by molar-refractivity contribution is 5.81. The number of anilines is 1. The van der Waals surface area contributed by atoms with Crippen LogP contribution >= 0.6 is 0 Å². The maximum Gasteiger partial charge on any atom is 0.0531 e. The van der Waals surface area contributed by atoms with Crippen LogP contribution in [0.1, 0.15) is 25.0 Å². The van der Waals surface area contributed by atoms with Crippen molar-refractivity contribution in [3.05, 3.63) is 53.6 Å². The molecule has 0 bridgehead atoms. The zero-order chi connectivity index (χ0) is 13.2. The maximum atomic E-state index is 3.55. The van der Waals surface area contributed by atoms with Crippen molar-refractivity contribution in [3.8, 4) is 11.1 Å². The van der Waals surface area contributed by atoms with Gasteiger partial charge in [0.1, 0.15) is 0 Å². The Balaban J connectivity index is 1.99. The minimum atomic E-state index is 1.01. The number of rotatable bonds is 4. The first kappa shape index (κ1) is 12.2. The topological polar surface area (TPSA) is 15.3 Å². The number of hydrazine groups is 1. The van der Waals surface area contributed by atoms with E-state index in [0.29, 0.717) is 0 Å². The third-order valence-electron chi connectivity index (χ3n) is 3.89. The van der Waals surface area contributed by atoms with E-state index in [2.05, 4.69) is 66.7 Å². The summed E-state index contributed by atoms with van der Waals surface area (Å²) in [6.07, 6.45) is 1.04. The summed E-state index contributed by atoms with van der Waals surface area (Å²) in [5.74, 6) is 0. The first-order chi connectivity index (χ1) is 9.33. The molecule has 0 unspecified atom stereocenters. The summed E-state index contributed by atoms with van der Waals surface area (Å²) >= 11 is 0. The first-order valence-electron chi connectivity index (χ1n) is 7.05. The van der Waals surface area contributed by atoms with E-state index < -0.39 is 0 Å². The van der Waals surface area contributed by atoms with E-state index in [-0.39, 0.29) is 0 Å². The molecule has 1 aliphatic rings. The number of benzene rings is 2. The van der Waals surface area contributed by atoms with Crippen molar-refractivity contribution in [3.63, 3.8) is 0 Å². The Morgan fingerprint density at radius 3 is 2.47 bits per heavy atom. The fourth-order valence-electron chi connectivity index (χ4n) is 2.81. The van der Waals surface area contributed by atoms with Gasteiger partial charge in [0, 0.05) is 19.5 Å². The van der Waals surface area contributed by atoms with Gasteiger partial charge in [-0.3, -0.25) is 0 Å². The van der Waals surface area contributed by atoms with E-state index >= 15 is 0 Å². The zero-order valence-electron chi connectivity index (χ0n) is 11.6. The molecule has 0 saturated carbocycles. The normalized spacial score (nSPS) is 12.4. The van der Waals surface area contributed by atoms with Gasteiger partial charge in [0.2, 0.25) is 0 Å². The predicted octanol–water partition coefficient (Wildman–Crippen LogP) is 3.93. The molecule has 2 aromatic carbocycles. The smallest absolute Gasteiger partial charge is 0.0531 e. The molecule has 0 aliphatic heterocycles. The predicted molar refractivity (Wildman–Crippen MR) is 81.2 cm³/mol. The molecule has 0 spiro atoms. The highest BCUT2D eigenvalue weighted by Gasteiger charge is 2.20. The van der Waals surface area contributed by atoms with Crippen LogP contribution in [0.3, 0.4) is 0 Å². The molecule has 3 rings (SSSR count). The largest absolute Gasteiger partial charge is 0.319 e. The van der Waals surface area contributed by atoms with Crippen LogP contribution in [0, 0.1) is 0 Å². The lowest BCUT2D eigenvalue weighted by molar-refractivity contribution is 0.367. The van der Waals surface area contributed by atoms with E-state index in [1.54, 1.807) is 0 Å². The molecule has 2 heteroatoms. The number of hydrogen-bond donors (Lipinski definition) is 1. The molecular formula is C17H20N2. The van der Waals surface area contributed by atoms with Gasteiger partial charge in [-0.25, -0.2) is 5.01 Å². The van der Waals surface area contributed by atoms with Crippen LogP contribution in [0.25, 0.3) is 11.1 Å². The van der Waals surface area contributed by atoms with E-state index in [1.807, 2.05) is 0 Å². The Hall–Kier alpha value is -1.80. The molecule has 0 aromatic heterocycles. The highest BCUT2D eigenvalue weighted by atomic mass is 15.5. The van der Waals surface area contributed by atoms with E-state index in [1.165, 1.54) is 27.9 Å². The molecule has 0 atom stereocenters. The molecule has 2 aromatic rings. The minimum Gasteiger partial charge on any atom is -0.319 e. The van der Waals surface area contributed by atoms with Crippen molar-refractivity contribution in [2.24, 2.45) is 0 Å². The molecule has 1 N–H and O–H groups in total. The summed E-state index contributed by atoms with van der Waals surface area (Å²) < 4.78 is 0. The summed E-state index contributed by atoms with van der Waals surface area (Å²) in [4.78, 5) is 0. The van der Waals surface area contributed by atoms with Crippen molar-refractivity contribution in [2.45, 2.75) is 20.3 Å². The van der Waals surface area contributed by atoms with Gasteiger partial charge in [-0.1, -0.05) is 50.2 Å². The van der Waals surface area contributed by atoms with Gasteiger partial charge in [0.15, 0.2) is 0 Å². The third-order valence-corrected chi connectivity index (χ3v) is 3.89. The summed E-state index contributed by atoms with van der Waals surface area (Å²) in [6, 6.07) is 15.3. The lowest BCUT2D eigenvalue weighted by Gasteiger charge is -2.22. The number of fused-ring (bicyclic) bond motifs is 3. The second-order valence-corrected chi connectivity index (χ2v) is 4.95. The van der Waals surface area contributed by atoms with E-state index in [9.17, 15) is 0 Å². The average molecular weight is 252 g/mol. The van der Waals surface area contributed by atoms with Gasteiger partial charge in [0.05, 0.1) is 5.69 Å². The first-order valence-corrected chi connectivity index (χ1v) is 7.05. The standard InChI is InChI=1S/C17H20N2/c1-3-19(4-2)18-17-11-7-10-15-14-9-6-5-8-13(14)12-16(15)17/h5-11,18H,3-4,12H2,1-2H3. The molecule has 0 fully saturated rings. The minimum absolute atomic E-state index is 1.01. The second kappa shape index (κ2) is 5.06. The van der Waals surface area contributed by atoms with Gasteiger partial charge < -0.3 is 5.43 Å². The van der Waals surface area contributed by atoms with Crippen LogP contribution < -0.4 is 5.43 Å². The van der Waals surface area contributed by atoms with E-state index in [0.717, 1.165) is 19.5 Å². The summed E-state index contributed by atoms with van der Waals surface area (Å²) in [5.41, 5.74) is 10.4. The van der Waals surface area contributed by atoms with Crippen molar-refractivity contribution in [1.29, 1.82) is 0 Å². The molecule has 0 saturated heterocycles. The lowest BCUT2D eigenvalue weighted by atomic mass is 10.1. The molecule has 1 aliphatic carbocycles. The second-order valence-electron chi connectivity index (χ2n) is 4.95. The van der Waals surface area contributed by atoms with Gasteiger partial charge in [-0.15, -0.1) is 0 Å². The molecule has 0 amide bonds. The number of hydrogen-bond acceptors (Lipinski definition) is 2. The SMILES string of the molecule is CCN(CC)Nc1cccc2c1Cc1ccccc1-2. The summed E-state index contributed by atoms with van der Waals surface area (Å²) in [5, 5.41) is 2.23. The molecule has 0 heterocycles. The van der Waals surface area contributed by atoms with Crippen LogP contribution in [0.2, 0.25) is 0 Å². The van der Waals surface area contributed by atoms with Crippen LogP contribution in [0.4, 0.5) is 5.69 Å². The Morgan fingerprint density at radius 1 is 0.947 bits per heavy atom. The molecule has 98 valence electrons.